The number of nitrogens with zero attached hydrogens (tertiary/aromatic N) is 2. The van der Waals surface area contributed by atoms with Crippen LogP contribution in [0.25, 0.3) is 10.2 Å². The first-order chi connectivity index (χ1) is 11.1. The summed E-state index contributed by atoms with van der Waals surface area (Å²) in [4.78, 5) is 32.3. The predicted octanol–water partition coefficient (Wildman–Crippen LogP) is 4.04. The van der Waals surface area contributed by atoms with Gasteiger partial charge in [0.25, 0.3) is 5.56 Å². The van der Waals surface area contributed by atoms with Crippen molar-refractivity contribution in [1.29, 1.82) is 0 Å². The summed E-state index contributed by atoms with van der Waals surface area (Å²) in [6.07, 6.45) is 5.79. The first-order valence-corrected chi connectivity index (χ1v) is 9.84. The van der Waals surface area contributed by atoms with E-state index in [1.165, 1.54) is 33.5 Å². The standard InChI is InChI=1S/C16H13BrN2O2S2/c17-13-6-5-12(22-13)10(20)7-19-8-18-15-14(16(19)21)9-3-1-2-4-11(9)23-15/h5-6,8H,1-4,7H2. The molecule has 0 bridgehead atoms. The Kier molecular flexibility index (Phi) is 3.95. The van der Waals surface area contributed by atoms with E-state index >= 15 is 0 Å². The third-order valence-corrected chi connectivity index (χ3v) is 6.97. The molecule has 0 saturated heterocycles. The fourth-order valence-corrected chi connectivity index (χ4v) is 5.53. The van der Waals surface area contributed by atoms with Crippen LogP contribution in [0.1, 0.15) is 33.0 Å². The third-order valence-electron chi connectivity index (χ3n) is 4.10. The van der Waals surface area contributed by atoms with Crippen molar-refractivity contribution >= 4 is 54.6 Å². The molecule has 118 valence electrons. The summed E-state index contributed by atoms with van der Waals surface area (Å²) in [6, 6.07) is 3.62. The van der Waals surface area contributed by atoms with Crippen LogP contribution in [0.15, 0.2) is 27.0 Å². The Labute approximate surface area is 148 Å². The maximum absolute atomic E-state index is 12.8. The van der Waals surface area contributed by atoms with Gasteiger partial charge >= 0.3 is 0 Å². The Morgan fingerprint density at radius 3 is 2.87 bits per heavy atom. The number of halogens is 1. The summed E-state index contributed by atoms with van der Waals surface area (Å²) >= 11 is 6.37. The van der Waals surface area contributed by atoms with E-state index in [0.29, 0.717) is 4.88 Å². The van der Waals surface area contributed by atoms with Gasteiger partial charge < -0.3 is 0 Å². The van der Waals surface area contributed by atoms with Crippen molar-refractivity contribution in [1.82, 2.24) is 9.55 Å². The third kappa shape index (κ3) is 2.70. The van der Waals surface area contributed by atoms with Crippen LogP contribution in [0, 0.1) is 0 Å². The molecule has 0 atom stereocenters. The number of hydrogen-bond acceptors (Lipinski definition) is 5. The highest BCUT2D eigenvalue weighted by molar-refractivity contribution is 9.11. The van der Waals surface area contributed by atoms with Gasteiger partial charge in [-0.25, -0.2) is 4.98 Å². The number of thiophene rings is 2. The minimum absolute atomic E-state index is 0.0410. The summed E-state index contributed by atoms with van der Waals surface area (Å²) in [5.74, 6) is -0.0620. The van der Waals surface area contributed by atoms with Crippen LogP contribution >= 0.6 is 38.6 Å². The molecule has 0 fully saturated rings. The number of hydrogen-bond donors (Lipinski definition) is 0. The molecule has 0 N–H and O–H groups in total. The molecular formula is C16H13BrN2O2S2. The van der Waals surface area contributed by atoms with Gasteiger partial charge in [-0.2, -0.15) is 0 Å². The lowest BCUT2D eigenvalue weighted by atomic mass is 9.97. The lowest BCUT2D eigenvalue weighted by Crippen LogP contribution is -2.24. The van der Waals surface area contributed by atoms with Gasteiger partial charge in [0.15, 0.2) is 5.78 Å². The lowest BCUT2D eigenvalue weighted by molar-refractivity contribution is 0.0974. The highest BCUT2D eigenvalue weighted by atomic mass is 79.9. The molecule has 3 aromatic heterocycles. The minimum atomic E-state index is -0.0848. The number of ketones is 1. The number of fused-ring (bicyclic) bond motifs is 3. The highest BCUT2D eigenvalue weighted by Gasteiger charge is 2.20. The van der Waals surface area contributed by atoms with Crippen molar-refractivity contribution in [3.63, 3.8) is 0 Å². The number of aromatic nitrogens is 2. The lowest BCUT2D eigenvalue weighted by Gasteiger charge is -2.10. The SMILES string of the molecule is O=C(Cn1cnc2sc3c(c2c1=O)CCCC3)c1ccc(Br)s1. The van der Waals surface area contributed by atoms with Gasteiger partial charge in [-0.05, 0) is 59.3 Å². The highest BCUT2D eigenvalue weighted by Crippen LogP contribution is 2.33. The molecule has 1 aliphatic rings. The summed E-state index contributed by atoms with van der Waals surface area (Å²) in [7, 11) is 0. The van der Waals surface area contributed by atoms with Crippen molar-refractivity contribution in [2.75, 3.05) is 0 Å². The Morgan fingerprint density at radius 1 is 1.26 bits per heavy atom. The monoisotopic (exact) mass is 408 g/mol. The van der Waals surface area contributed by atoms with Gasteiger partial charge in [0, 0.05) is 4.88 Å². The molecule has 23 heavy (non-hydrogen) atoms. The van der Waals surface area contributed by atoms with Crippen molar-refractivity contribution < 1.29 is 4.79 Å². The van der Waals surface area contributed by atoms with Gasteiger partial charge in [-0.3, -0.25) is 14.2 Å². The molecular weight excluding hydrogens is 396 g/mol. The zero-order valence-corrected chi connectivity index (χ0v) is 15.4. The first-order valence-electron chi connectivity index (χ1n) is 7.41. The molecule has 0 saturated carbocycles. The molecule has 3 heterocycles. The topological polar surface area (TPSA) is 52.0 Å². The number of carbonyl (C=O) groups excluding carboxylic acids is 1. The van der Waals surface area contributed by atoms with E-state index in [1.54, 1.807) is 17.4 Å². The molecule has 1 aliphatic carbocycles. The molecule has 4 rings (SSSR count). The zero-order chi connectivity index (χ0) is 16.0. The molecule has 0 amide bonds. The Hall–Kier alpha value is -1.31. The second-order valence-electron chi connectivity index (χ2n) is 5.60. The number of aryl methyl sites for hydroxylation is 2. The Bertz CT molecular complexity index is 970. The number of rotatable bonds is 3. The smallest absolute Gasteiger partial charge is 0.262 e. The fraction of sp³-hybridized carbons (Fsp3) is 0.312. The zero-order valence-electron chi connectivity index (χ0n) is 12.2. The van der Waals surface area contributed by atoms with Gasteiger partial charge in [0.1, 0.15) is 4.83 Å². The van der Waals surface area contributed by atoms with E-state index in [-0.39, 0.29) is 17.9 Å². The molecule has 7 heteroatoms. The molecule has 4 nitrogen and oxygen atoms in total. The van der Waals surface area contributed by atoms with Crippen LogP contribution in [-0.4, -0.2) is 15.3 Å². The molecule has 0 spiro atoms. The first kappa shape index (κ1) is 15.2. The van der Waals surface area contributed by atoms with Gasteiger partial charge in [0.05, 0.1) is 26.9 Å². The second kappa shape index (κ2) is 5.96. The molecule has 3 aromatic rings. The summed E-state index contributed by atoms with van der Waals surface area (Å²) in [5.41, 5.74) is 1.08. The van der Waals surface area contributed by atoms with Gasteiger partial charge in [0.2, 0.25) is 0 Å². The van der Waals surface area contributed by atoms with Crippen LogP contribution in [-0.2, 0) is 19.4 Å². The number of carbonyl (C=O) groups is 1. The summed E-state index contributed by atoms with van der Waals surface area (Å²) in [6.45, 7) is 0.0410. The summed E-state index contributed by atoms with van der Waals surface area (Å²) in [5, 5.41) is 0.729. The average Bonchev–Trinajstić information content (AvgIpc) is 3.13. The largest absolute Gasteiger partial charge is 0.291 e. The predicted molar refractivity (Wildman–Crippen MR) is 96.9 cm³/mol. The maximum Gasteiger partial charge on any atom is 0.262 e. The van der Waals surface area contributed by atoms with Gasteiger partial charge in [-0.15, -0.1) is 22.7 Å². The van der Waals surface area contributed by atoms with E-state index < -0.39 is 0 Å². The van der Waals surface area contributed by atoms with Crippen LogP contribution in [0.4, 0.5) is 0 Å². The normalized spacial score (nSPS) is 14.1. The van der Waals surface area contributed by atoms with E-state index in [2.05, 4.69) is 20.9 Å². The van der Waals surface area contributed by atoms with Crippen molar-refractivity contribution in [3.8, 4) is 0 Å². The summed E-state index contributed by atoms with van der Waals surface area (Å²) < 4.78 is 2.36. The van der Waals surface area contributed by atoms with E-state index in [9.17, 15) is 9.59 Å². The molecule has 0 unspecified atom stereocenters. The van der Waals surface area contributed by atoms with E-state index in [1.807, 2.05) is 6.07 Å². The molecule has 0 radical (unpaired) electrons. The second-order valence-corrected chi connectivity index (χ2v) is 9.14. The van der Waals surface area contributed by atoms with Gasteiger partial charge in [-0.1, -0.05) is 0 Å². The van der Waals surface area contributed by atoms with Crippen molar-refractivity contribution in [2.24, 2.45) is 0 Å². The minimum Gasteiger partial charge on any atom is -0.291 e. The van der Waals surface area contributed by atoms with E-state index in [0.717, 1.165) is 38.8 Å². The molecule has 0 aromatic carbocycles. The van der Waals surface area contributed by atoms with Crippen molar-refractivity contribution in [3.05, 3.63) is 47.9 Å². The molecule has 0 aliphatic heterocycles. The van der Waals surface area contributed by atoms with E-state index in [4.69, 9.17) is 0 Å². The fourth-order valence-electron chi connectivity index (χ4n) is 2.99. The quantitative estimate of drug-likeness (QED) is 0.614. The Balaban J connectivity index is 1.75. The Morgan fingerprint density at radius 2 is 2.09 bits per heavy atom. The maximum atomic E-state index is 12.8. The van der Waals surface area contributed by atoms with Crippen LogP contribution in [0.2, 0.25) is 0 Å². The van der Waals surface area contributed by atoms with Crippen LogP contribution in [0.5, 0.6) is 0 Å². The average molecular weight is 409 g/mol. The van der Waals surface area contributed by atoms with Crippen LogP contribution < -0.4 is 5.56 Å². The van der Waals surface area contributed by atoms with Crippen LogP contribution in [0.3, 0.4) is 0 Å². The van der Waals surface area contributed by atoms with Crippen molar-refractivity contribution in [2.45, 2.75) is 32.2 Å². The number of Topliss-reactive ketones (excluding diaryl/α,β-unsaturated/α-hetero) is 1.